The first-order valence-electron chi connectivity index (χ1n) is 4.94. The van der Waals surface area contributed by atoms with Crippen molar-refractivity contribution in [1.29, 1.82) is 0 Å². The van der Waals surface area contributed by atoms with Gasteiger partial charge in [-0.2, -0.15) is 0 Å². The second-order valence-electron chi connectivity index (χ2n) is 4.15. The maximum Gasteiger partial charge on any atom is 0.255 e. The van der Waals surface area contributed by atoms with Crippen molar-refractivity contribution in [2.45, 2.75) is 30.9 Å². The van der Waals surface area contributed by atoms with Crippen LogP contribution in [0.2, 0.25) is 0 Å². The number of nitrogens with two attached hydrogens (primary N) is 1. The normalized spacial score (nSPS) is 19.4. The Bertz CT molecular complexity index is 574. The van der Waals surface area contributed by atoms with Crippen LogP contribution < -0.4 is 11.3 Å². The molecule has 0 aromatic carbocycles. The number of H-pyrrole nitrogens is 1. The highest BCUT2D eigenvalue weighted by Gasteiger charge is 2.29. The zero-order chi connectivity index (χ0) is 11.9. The summed E-state index contributed by atoms with van der Waals surface area (Å²) in [5, 5.41) is 0. The number of hydrogen-bond donors (Lipinski definition) is 2. The van der Waals surface area contributed by atoms with Crippen LogP contribution in [0.5, 0.6) is 0 Å². The van der Waals surface area contributed by atoms with E-state index in [-0.39, 0.29) is 28.7 Å². The number of aromatic amines is 1. The highest BCUT2D eigenvalue weighted by atomic mass is 32.2. The van der Waals surface area contributed by atoms with Crippen LogP contribution in [0, 0.1) is 0 Å². The summed E-state index contributed by atoms with van der Waals surface area (Å²) in [4.78, 5) is 18.3. The van der Waals surface area contributed by atoms with E-state index in [1.54, 1.807) is 6.92 Å². The number of fused-ring (bicyclic) bond motifs is 1. The Labute approximate surface area is 92.8 Å². The van der Waals surface area contributed by atoms with Crippen LogP contribution in [-0.2, 0) is 27.8 Å². The average molecular weight is 243 g/mol. The van der Waals surface area contributed by atoms with Gasteiger partial charge in [-0.25, -0.2) is 13.4 Å². The smallest absolute Gasteiger partial charge is 0.255 e. The quantitative estimate of drug-likeness (QED) is 0.699. The maximum atomic E-state index is 11.6. The first-order valence-corrected chi connectivity index (χ1v) is 6.76. The second kappa shape index (κ2) is 3.67. The molecule has 0 radical (unpaired) electrons. The molecular formula is C9H13N3O3S. The van der Waals surface area contributed by atoms with E-state index < -0.39 is 9.84 Å². The van der Waals surface area contributed by atoms with E-state index in [0.717, 1.165) is 0 Å². The summed E-state index contributed by atoms with van der Waals surface area (Å²) >= 11 is 0. The largest absolute Gasteiger partial charge is 0.328 e. The molecule has 1 aliphatic heterocycles. The van der Waals surface area contributed by atoms with Crippen molar-refractivity contribution in [2.75, 3.05) is 0 Å². The molecule has 2 heterocycles. The zero-order valence-corrected chi connectivity index (χ0v) is 9.67. The molecule has 0 amide bonds. The third-order valence-electron chi connectivity index (χ3n) is 2.39. The Morgan fingerprint density at radius 2 is 2.19 bits per heavy atom. The van der Waals surface area contributed by atoms with Gasteiger partial charge in [0.1, 0.15) is 5.82 Å². The van der Waals surface area contributed by atoms with Crippen LogP contribution in [0.25, 0.3) is 0 Å². The molecular weight excluding hydrogens is 230 g/mol. The molecule has 0 saturated carbocycles. The standard InChI is InChI=1S/C9H13N3O3S/c1-5(10)2-8-11-7-4-16(14,15)3-6(7)9(13)12-8/h5H,2-4,10H2,1H3,(H,11,12,13). The number of nitrogens with zero attached hydrogens (tertiary/aromatic N) is 1. The maximum absolute atomic E-state index is 11.6. The molecule has 0 bridgehead atoms. The summed E-state index contributed by atoms with van der Waals surface area (Å²) in [6.45, 7) is 1.80. The number of aromatic nitrogens is 2. The molecule has 88 valence electrons. The van der Waals surface area contributed by atoms with Crippen molar-refractivity contribution < 1.29 is 8.42 Å². The lowest BCUT2D eigenvalue weighted by Crippen LogP contribution is -2.24. The van der Waals surface area contributed by atoms with E-state index in [1.165, 1.54) is 0 Å². The Morgan fingerprint density at radius 3 is 2.81 bits per heavy atom. The minimum Gasteiger partial charge on any atom is -0.328 e. The predicted molar refractivity (Wildman–Crippen MR) is 58.5 cm³/mol. The molecule has 2 rings (SSSR count). The summed E-state index contributed by atoms with van der Waals surface area (Å²) in [5.74, 6) is 0.109. The summed E-state index contributed by atoms with van der Waals surface area (Å²) in [6.07, 6.45) is 0.433. The highest BCUT2D eigenvalue weighted by molar-refractivity contribution is 7.90. The minimum atomic E-state index is -3.19. The van der Waals surface area contributed by atoms with Crippen molar-refractivity contribution in [2.24, 2.45) is 5.73 Å². The van der Waals surface area contributed by atoms with Gasteiger partial charge in [-0.3, -0.25) is 4.79 Å². The molecule has 0 fully saturated rings. The molecule has 1 aliphatic rings. The van der Waals surface area contributed by atoms with Gasteiger partial charge in [0.2, 0.25) is 0 Å². The van der Waals surface area contributed by atoms with Crippen LogP contribution >= 0.6 is 0 Å². The number of hydrogen-bond acceptors (Lipinski definition) is 5. The lowest BCUT2D eigenvalue weighted by molar-refractivity contribution is 0.597. The molecule has 1 unspecified atom stereocenters. The predicted octanol–water partition coefficient (Wildman–Crippen LogP) is -0.912. The lowest BCUT2D eigenvalue weighted by Gasteiger charge is -2.05. The topological polar surface area (TPSA) is 106 Å². The highest BCUT2D eigenvalue weighted by Crippen LogP contribution is 2.19. The fourth-order valence-electron chi connectivity index (χ4n) is 1.75. The third kappa shape index (κ3) is 2.14. The van der Waals surface area contributed by atoms with Crippen molar-refractivity contribution >= 4 is 9.84 Å². The van der Waals surface area contributed by atoms with Gasteiger partial charge in [-0.1, -0.05) is 0 Å². The molecule has 7 heteroatoms. The van der Waals surface area contributed by atoms with E-state index in [9.17, 15) is 13.2 Å². The van der Waals surface area contributed by atoms with Gasteiger partial charge in [0.05, 0.1) is 22.8 Å². The van der Waals surface area contributed by atoms with Crippen molar-refractivity contribution in [3.8, 4) is 0 Å². The summed E-state index contributed by atoms with van der Waals surface area (Å²) in [5.41, 5.74) is 5.88. The van der Waals surface area contributed by atoms with Gasteiger partial charge in [-0.05, 0) is 6.92 Å². The monoisotopic (exact) mass is 243 g/mol. The molecule has 1 aromatic heterocycles. The molecule has 3 N–H and O–H groups in total. The minimum absolute atomic E-state index is 0.126. The summed E-state index contributed by atoms with van der Waals surface area (Å²) in [6, 6.07) is -0.126. The van der Waals surface area contributed by atoms with E-state index in [2.05, 4.69) is 9.97 Å². The van der Waals surface area contributed by atoms with Gasteiger partial charge in [0.15, 0.2) is 9.84 Å². The number of nitrogens with one attached hydrogen (secondary N) is 1. The molecule has 1 aromatic rings. The molecule has 16 heavy (non-hydrogen) atoms. The van der Waals surface area contributed by atoms with Crippen molar-refractivity contribution in [1.82, 2.24) is 9.97 Å². The lowest BCUT2D eigenvalue weighted by atomic mass is 10.2. The molecule has 0 aliphatic carbocycles. The Kier molecular flexibility index (Phi) is 2.59. The fourth-order valence-corrected chi connectivity index (χ4v) is 3.24. The van der Waals surface area contributed by atoms with Crippen LogP contribution in [0.15, 0.2) is 4.79 Å². The zero-order valence-electron chi connectivity index (χ0n) is 8.86. The van der Waals surface area contributed by atoms with Gasteiger partial charge in [-0.15, -0.1) is 0 Å². The first kappa shape index (κ1) is 11.3. The van der Waals surface area contributed by atoms with E-state index in [4.69, 9.17) is 5.73 Å². The van der Waals surface area contributed by atoms with Crippen LogP contribution in [0.4, 0.5) is 0 Å². The van der Waals surface area contributed by atoms with Gasteiger partial charge in [0, 0.05) is 12.5 Å². The molecule has 1 atom stereocenters. The van der Waals surface area contributed by atoms with E-state index >= 15 is 0 Å². The van der Waals surface area contributed by atoms with Crippen LogP contribution in [0.1, 0.15) is 24.0 Å². The Balaban J connectivity index is 2.46. The summed E-state index contributed by atoms with van der Waals surface area (Å²) in [7, 11) is -3.19. The molecule has 6 nitrogen and oxygen atoms in total. The number of sulfone groups is 1. The Morgan fingerprint density at radius 1 is 1.50 bits per heavy atom. The third-order valence-corrected chi connectivity index (χ3v) is 3.83. The number of rotatable bonds is 2. The SMILES string of the molecule is CC(N)Cc1nc2c(c(=O)[nH]1)CS(=O)(=O)C2. The van der Waals surface area contributed by atoms with E-state index in [1.807, 2.05) is 0 Å². The first-order chi connectivity index (χ1) is 7.37. The van der Waals surface area contributed by atoms with E-state index in [0.29, 0.717) is 17.9 Å². The van der Waals surface area contributed by atoms with Crippen molar-refractivity contribution in [3.63, 3.8) is 0 Å². The van der Waals surface area contributed by atoms with Crippen LogP contribution in [0.3, 0.4) is 0 Å². The molecule has 0 saturated heterocycles. The summed E-state index contributed by atoms with van der Waals surface area (Å²) < 4.78 is 22.7. The average Bonchev–Trinajstić information content (AvgIpc) is 2.38. The van der Waals surface area contributed by atoms with Gasteiger partial charge < -0.3 is 10.7 Å². The molecule has 0 spiro atoms. The van der Waals surface area contributed by atoms with Crippen LogP contribution in [-0.4, -0.2) is 24.4 Å². The van der Waals surface area contributed by atoms with Gasteiger partial charge >= 0.3 is 0 Å². The second-order valence-corrected chi connectivity index (χ2v) is 6.22. The Hall–Kier alpha value is -1.21. The van der Waals surface area contributed by atoms with Gasteiger partial charge in [0.25, 0.3) is 5.56 Å². The fraction of sp³-hybridized carbons (Fsp3) is 0.556. The van der Waals surface area contributed by atoms with Crippen molar-refractivity contribution in [3.05, 3.63) is 27.4 Å².